The molecule has 2 heterocycles. The molecule has 0 amide bonds. The second-order valence-corrected chi connectivity index (χ2v) is 11.4. The Morgan fingerprint density at radius 2 is 2.00 bits per heavy atom. The Hall–Kier alpha value is -1.39. The van der Waals surface area contributed by atoms with E-state index in [2.05, 4.69) is 63.2 Å². The van der Waals surface area contributed by atoms with Crippen LogP contribution in [0.1, 0.15) is 26.3 Å². The molecule has 108 valence electrons. The van der Waals surface area contributed by atoms with Gasteiger partial charge in [-0.25, -0.2) is 4.52 Å². The Balaban J connectivity index is 1.96. The minimum atomic E-state index is -1.64. The van der Waals surface area contributed by atoms with Gasteiger partial charge in [0.2, 0.25) is 0 Å². The predicted octanol–water partition coefficient (Wildman–Crippen LogP) is 4.37. The average molecular weight is 288 g/mol. The van der Waals surface area contributed by atoms with Crippen molar-refractivity contribution in [3.05, 3.63) is 42.2 Å². The fraction of sp³-hybridized carbons (Fsp3) is 0.438. The van der Waals surface area contributed by atoms with E-state index in [0.717, 1.165) is 11.1 Å². The minimum absolute atomic E-state index is 0.259. The fourth-order valence-electron chi connectivity index (χ4n) is 1.69. The molecular weight excluding hydrogens is 264 g/mol. The number of rotatable bonds is 4. The van der Waals surface area contributed by atoms with Crippen molar-refractivity contribution in [2.24, 2.45) is 0 Å². The SMILES string of the molecule is CC(C)(C)[Si](C)(C)OCC=Cc1ccc2ccnn2c1. The fourth-order valence-corrected chi connectivity index (χ4v) is 2.63. The van der Waals surface area contributed by atoms with Gasteiger partial charge < -0.3 is 4.43 Å². The lowest BCUT2D eigenvalue weighted by Crippen LogP contribution is -2.40. The van der Waals surface area contributed by atoms with Gasteiger partial charge in [0.15, 0.2) is 8.32 Å². The van der Waals surface area contributed by atoms with Crippen molar-refractivity contribution in [3.8, 4) is 0 Å². The highest BCUT2D eigenvalue weighted by Crippen LogP contribution is 2.36. The summed E-state index contributed by atoms with van der Waals surface area (Å²) in [6.07, 6.45) is 8.01. The van der Waals surface area contributed by atoms with Crippen molar-refractivity contribution in [1.29, 1.82) is 0 Å². The molecule has 4 heteroatoms. The summed E-state index contributed by atoms with van der Waals surface area (Å²) in [5, 5.41) is 4.50. The number of hydrogen-bond donors (Lipinski definition) is 0. The highest BCUT2D eigenvalue weighted by atomic mass is 28.4. The van der Waals surface area contributed by atoms with Crippen molar-refractivity contribution in [2.75, 3.05) is 6.61 Å². The van der Waals surface area contributed by atoms with Crippen LogP contribution in [0.15, 0.2) is 36.7 Å². The molecular formula is C16H24N2OSi. The Bertz CT molecular complexity index is 608. The molecule has 0 aliphatic carbocycles. The molecule has 0 fully saturated rings. The first kappa shape index (κ1) is 15.0. The standard InChI is InChI=1S/C16H24N2OSi/c1-16(2,3)20(4,5)19-12-6-7-14-8-9-15-10-11-17-18(15)13-14/h6-11,13H,12H2,1-5H3. The first-order valence-electron chi connectivity index (χ1n) is 7.03. The third-order valence-electron chi connectivity index (χ3n) is 4.08. The summed E-state index contributed by atoms with van der Waals surface area (Å²) < 4.78 is 8.00. The van der Waals surface area contributed by atoms with E-state index in [0.29, 0.717) is 6.61 Å². The van der Waals surface area contributed by atoms with Crippen LogP contribution in [0.5, 0.6) is 0 Å². The number of fused-ring (bicyclic) bond motifs is 1. The molecule has 2 aromatic rings. The second-order valence-electron chi connectivity index (χ2n) is 6.64. The Morgan fingerprint density at radius 1 is 1.25 bits per heavy atom. The third-order valence-corrected chi connectivity index (χ3v) is 8.58. The molecule has 0 aromatic carbocycles. The summed E-state index contributed by atoms with van der Waals surface area (Å²) in [5.41, 5.74) is 2.25. The van der Waals surface area contributed by atoms with Crippen LogP contribution in [0.3, 0.4) is 0 Å². The van der Waals surface area contributed by atoms with Crippen molar-refractivity contribution in [1.82, 2.24) is 9.61 Å². The van der Waals surface area contributed by atoms with Gasteiger partial charge in [0.1, 0.15) is 0 Å². The predicted molar refractivity (Wildman–Crippen MR) is 87.4 cm³/mol. The molecule has 0 radical (unpaired) electrons. The van der Waals surface area contributed by atoms with Gasteiger partial charge in [-0.2, -0.15) is 5.10 Å². The van der Waals surface area contributed by atoms with E-state index in [-0.39, 0.29) is 5.04 Å². The quantitative estimate of drug-likeness (QED) is 0.781. The smallest absolute Gasteiger partial charge is 0.192 e. The molecule has 0 saturated heterocycles. The van der Waals surface area contributed by atoms with E-state index in [9.17, 15) is 0 Å². The van der Waals surface area contributed by atoms with Gasteiger partial charge in [-0.3, -0.25) is 0 Å². The molecule has 0 unspecified atom stereocenters. The lowest BCUT2D eigenvalue weighted by Gasteiger charge is -2.35. The Morgan fingerprint density at radius 3 is 2.70 bits per heavy atom. The van der Waals surface area contributed by atoms with Crippen LogP contribution in [-0.2, 0) is 4.43 Å². The van der Waals surface area contributed by atoms with Gasteiger partial charge >= 0.3 is 0 Å². The molecule has 0 saturated carbocycles. The molecule has 2 rings (SSSR count). The first-order chi connectivity index (χ1) is 9.29. The molecule has 2 aromatic heterocycles. The monoisotopic (exact) mass is 288 g/mol. The summed E-state index contributed by atoms with van der Waals surface area (Å²) in [6.45, 7) is 12.0. The van der Waals surface area contributed by atoms with Crippen LogP contribution in [0.2, 0.25) is 18.1 Å². The first-order valence-corrected chi connectivity index (χ1v) is 9.94. The maximum Gasteiger partial charge on any atom is 0.192 e. The molecule has 0 bridgehead atoms. The van der Waals surface area contributed by atoms with Crippen LogP contribution in [-0.4, -0.2) is 24.5 Å². The van der Waals surface area contributed by atoms with E-state index >= 15 is 0 Å². The number of pyridine rings is 1. The van der Waals surface area contributed by atoms with E-state index in [1.54, 1.807) is 0 Å². The van der Waals surface area contributed by atoms with Gasteiger partial charge in [0.05, 0.1) is 12.1 Å². The largest absolute Gasteiger partial charge is 0.413 e. The number of hydrogen-bond acceptors (Lipinski definition) is 2. The second kappa shape index (κ2) is 5.54. The van der Waals surface area contributed by atoms with Gasteiger partial charge in [0, 0.05) is 12.4 Å². The zero-order valence-electron chi connectivity index (χ0n) is 13.1. The molecule has 0 N–H and O–H groups in total. The van der Waals surface area contributed by atoms with Crippen LogP contribution in [0, 0.1) is 0 Å². The molecule has 0 aliphatic heterocycles. The van der Waals surface area contributed by atoms with Crippen LogP contribution >= 0.6 is 0 Å². The average Bonchev–Trinajstić information content (AvgIpc) is 2.80. The maximum absolute atomic E-state index is 6.12. The summed E-state index contributed by atoms with van der Waals surface area (Å²) in [4.78, 5) is 0. The lowest BCUT2D eigenvalue weighted by atomic mass is 10.2. The summed E-state index contributed by atoms with van der Waals surface area (Å²) >= 11 is 0. The van der Waals surface area contributed by atoms with Gasteiger partial charge in [-0.1, -0.05) is 39.0 Å². The third kappa shape index (κ3) is 3.38. The van der Waals surface area contributed by atoms with E-state index in [4.69, 9.17) is 4.43 Å². The Kier molecular flexibility index (Phi) is 4.16. The molecule has 0 atom stereocenters. The maximum atomic E-state index is 6.12. The summed E-state index contributed by atoms with van der Waals surface area (Å²) in [6, 6.07) is 6.16. The Labute approximate surface area is 122 Å². The van der Waals surface area contributed by atoms with Gasteiger partial charge in [0.25, 0.3) is 0 Å². The normalized spacial score (nSPS) is 13.4. The topological polar surface area (TPSA) is 26.5 Å². The van der Waals surface area contributed by atoms with Crippen LogP contribution < -0.4 is 0 Å². The highest BCUT2D eigenvalue weighted by Gasteiger charge is 2.36. The van der Waals surface area contributed by atoms with Crippen molar-refractivity contribution < 1.29 is 4.43 Å². The number of aromatic nitrogens is 2. The van der Waals surface area contributed by atoms with E-state index < -0.39 is 8.32 Å². The summed E-state index contributed by atoms with van der Waals surface area (Å²) in [5.74, 6) is 0. The minimum Gasteiger partial charge on any atom is -0.413 e. The zero-order valence-corrected chi connectivity index (χ0v) is 14.1. The lowest BCUT2D eigenvalue weighted by molar-refractivity contribution is 0.328. The van der Waals surface area contributed by atoms with Crippen molar-refractivity contribution >= 4 is 19.9 Å². The highest BCUT2D eigenvalue weighted by molar-refractivity contribution is 6.74. The van der Waals surface area contributed by atoms with Gasteiger partial charge in [-0.05, 0) is 35.8 Å². The number of nitrogens with zero attached hydrogens (tertiary/aromatic N) is 2. The van der Waals surface area contributed by atoms with Crippen LogP contribution in [0.4, 0.5) is 0 Å². The zero-order chi connectivity index (χ0) is 14.8. The van der Waals surface area contributed by atoms with Crippen LogP contribution in [0.25, 0.3) is 11.6 Å². The molecule has 20 heavy (non-hydrogen) atoms. The summed E-state index contributed by atoms with van der Waals surface area (Å²) in [7, 11) is -1.64. The van der Waals surface area contributed by atoms with E-state index in [1.165, 1.54) is 0 Å². The van der Waals surface area contributed by atoms with Crippen molar-refractivity contribution in [2.45, 2.75) is 38.9 Å². The van der Waals surface area contributed by atoms with E-state index in [1.807, 2.05) is 23.0 Å². The van der Waals surface area contributed by atoms with Crippen molar-refractivity contribution in [3.63, 3.8) is 0 Å². The molecule has 3 nitrogen and oxygen atoms in total. The molecule has 0 aliphatic rings. The van der Waals surface area contributed by atoms with Gasteiger partial charge in [-0.15, -0.1) is 0 Å². The molecule has 0 spiro atoms.